The number of nitrogens with zero attached hydrogens (tertiary/aromatic N) is 1. The van der Waals surface area contributed by atoms with Crippen molar-refractivity contribution in [2.75, 3.05) is 5.75 Å². The van der Waals surface area contributed by atoms with Crippen molar-refractivity contribution >= 4 is 50.9 Å². The van der Waals surface area contributed by atoms with E-state index in [-0.39, 0.29) is 11.3 Å². The zero-order chi connectivity index (χ0) is 23.2. The van der Waals surface area contributed by atoms with E-state index in [0.717, 1.165) is 21.2 Å². The summed E-state index contributed by atoms with van der Waals surface area (Å²) in [4.78, 5) is 24.0. The van der Waals surface area contributed by atoms with Crippen molar-refractivity contribution in [2.24, 2.45) is 0 Å². The van der Waals surface area contributed by atoms with E-state index < -0.39 is 23.4 Å². The zero-order valence-electron chi connectivity index (χ0n) is 17.7. The topological polar surface area (TPSA) is 117 Å². The molecule has 3 N–H and O–H groups in total. The molecule has 7 nitrogen and oxygen atoms in total. The van der Waals surface area contributed by atoms with Crippen molar-refractivity contribution in [2.45, 2.75) is 54.0 Å². The molecule has 0 spiro atoms. The Kier molecular flexibility index (Phi) is 8.91. The lowest BCUT2D eigenvalue weighted by molar-refractivity contribution is 0.353. The van der Waals surface area contributed by atoms with Gasteiger partial charge >= 0.3 is 7.60 Å². The fraction of sp³-hybridized carbons (Fsp3) is 0.381. The van der Waals surface area contributed by atoms with Gasteiger partial charge in [0.15, 0.2) is 4.34 Å². The molecule has 32 heavy (non-hydrogen) atoms. The monoisotopic (exact) mass is 514 g/mol. The molecule has 1 aromatic heterocycles. The summed E-state index contributed by atoms with van der Waals surface area (Å²) < 4.78 is 41.7. The van der Waals surface area contributed by atoms with Crippen LogP contribution in [0.1, 0.15) is 38.2 Å². The summed E-state index contributed by atoms with van der Waals surface area (Å²) in [6.45, 7) is 2.17. The SMILES string of the molecule is CCCCCCSc1nc2ccc(S(=O)(=O)NC(Cc3ccccc3)P(=O)(O)O)cc2s1. The molecule has 3 rings (SSSR count). The highest BCUT2D eigenvalue weighted by Crippen LogP contribution is 2.42. The molecule has 1 heterocycles. The lowest BCUT2D eigenvalue weighted by atomic mass is 10.1. The number of aromatic nitrogens is 1. The second kappa shape index (κ2) is 11.2. The number of benzene rings is 2. The summed E-state index contributed by atoms with van der Waals surface area (Å²) in [6, 6.07) is 13.2. The molecule has 3 aromatic rings. The Morgan fingerprint density at radius 2 is 1.88 bits per heavy atom. The quantitative estimate of drug-likeness (QED) is 0.177. The van der Waals surface area contributed by atoms with Crippen LogP contribution in [0.15, 0.2) is 57.8 Å². The average Bonchev–Trinajstić information content (AvgIpc) is 3.15. The van der Waals surface area contributed by atoms with Crippen LogP contribution >= 0.6 is 30.7 Å². The van der Waals surface area contributed by atoms with E-state index >= 15 is 0 Å². The Bertz CT molecular complexity index is 1180. The van der Waals surface area contributed by atoms with E-state index in [2.05, 4.69) is 16.6 Å². The van der Waals surface area contributed by atoms with Crippen LogP contribution in [0.5, 0.6) is 0 Å². The van der Waals surface area contributed by atoms with Crippen molar-refractivity contribution < 1.29 is 22.8 Å². The van der Waals surface area contributed by atoms with E-state index in [9.17, 15) is 22.8 Å². The molecule has 0 aliphatic rings. The fourth-order valence-corrected chi connectivity index (χ4v) is 7.88. The van der Waals surface area contributed by atoms with Gasteiger partial charge in [-0.25, -0.2) is 13.4 Å². The number of hydrogen-bond donors (Lipinski definition) is 3. The van der Waals surface area contributed by atoms with Crippen molar-refractivity contribution in [3.05, 3.63) is 54.1 Å². The van der Waals surface area contributed by atoms with Gasteiger partial charge in [-0.1, -0.05) is 68.3 Å². The molecular formula is C21H27N2O5PS3. The minimum Gasteiger partial charge on any atom is -0.323 e. The maximum absolute atomic E-state index is 12.9. The highest BCUT2D eigenvalue weighted by Gasteiger charge is 2.33. The summed E-state index contributed by atoms with van der Waals surface area (Å²) in [6.07, 6.45) is 4.58. The Morgan fingerprint density at radius 3 is 2.56 bits per heavy atom. The van der Waals surface area contributed by atoms with Crippen molar-refractivity contribution in [3.8, 4) is 0 Å². The molecule has 0 saturated carbocycles. The molecule has 0 bridgehead atoms. The number of nitrogens with one attached hydrogen (secondary N) is 1. The molecule has 1 atom stereocenters. The zero-order valence-corrected chi connectivity index (χ0v) is 21.0. The van der Waals surface area contributed by atoms with Crippen LogP contribution in [0.25, 0.3) is 10.2 Å². The number of rotatable bonds is 12. The average molecular weight is 515 g/mol. The first-order chi connectivity index (χ1) is 15.2. The third kappa shape index (κ3) is 7.12. The van der Waals surface area contributed by atoms with Crippen molar-refractivity contribution in [3.63, 3.8) is 0 Å². The standard InChI is InChI=1S/C21H27N2O5PS3/c1-2-3-4-8-13-30-21-22-18-12-11-17(15-19(18)31-21)32(27,28)23-20(29(24,25)26)14-16-9-6-5-7-10-16/h5-7,9-12,15,20,23H,2-4,8,13-14H2,1H3,(H2,24,25,26). The number of hydrogen-bond acceptors (Lipinski definition) is 6. The first kappa shape index (κ1) is 25.4. The Hall–Kier alpha value is -1.26. The third-order valence-corrected chi connectivity index (χ3v) is 9.86. The number of thiazole rings is 1. The van der Waals surface area contributed by atoms with Gasteiger partial charge in [0.05, 0.1) is 15.1 Å². The second-order valence-corrected chi connectivity index (χ2v) is 13.3. The van der Waals surface area contributed by atoms with E-state index in [0.29, 0.717) is 11.1 Å². The predicted molar refractivity (Wildman–Crippen MR) is 131 cm³/mol. The highest BCUT2D eigenvalue weighted by atomic mass is 32.2. The van der Waals surface area contributed by atoms with Crippen LogP contribution in [0.3, 0.4) is 0 Å². The molecule has 174 valence electrons. The summed E-state index contributed by atoms with van der Waals surface area (Å²) in [5.74, 6) is -0.586. The van der Waals surface area contributed by atoms with Crippen molar-refractivity contribution in [1.29, 1.82) is 0 Å². The number of unbranched alkanes of at least 4 members (excludes halogenated alkanes) is 3. The van der Waals surface area contributed by atoms with Crippen LogP contribution in [-0.4, -0.2) is 34.7 Å². The smallest absolute Gasteiger partial charge is 0.323 e. The van der Waals surface area contributed by atoms with Gasteiger partial charge in [0.25, 0.3) is 0 Å². The van der Waals surface area contributed by atoms with E-state index in [1.54, 1.807) is 48.2 Å². The second-order valence-electron chi connectivity index (χ2n) is 7.43. The largest absolute Gasteiger partial charge is 0.343 e. The van der Waals surface area contributed by atoms with Gasteiger partial charge in [0.1, 0.15) is 5.78 Å². The highest BCUT2D eigenvalue weighted by molar-refractivity contribution is 8.01. The van der Waals surface area contributed by atoms with E-state index in [1.807, 2.05) is 0 Å². The van der Waals surface area contributed by atoms with Gasteiger partial charge in [-0.3, -0.25) is 4.57 Å². The molecule has 0 fully saturated rings. The fourth-order valence-electron chi connectivity index (χ4n) is 3.11. The maximum Gasteiger partial charge on any atom is 0.343 e. The molecule has 0 radical (unpaired) electrons. The minimum absolute atomic E-state index is 0.0420. The first-order valence-electron chi connectivity index (χ1n) is 10.3. The van der Waals surface area contributed by atoms with Crippen LogP contribution in [0.4, 0.5) is 0 Å². The van der Waals surface area contributed by atoms with Gasteiger partial charge in [-0.2, -0.15) is 4.72 Å². The molecule has 0 saturated heterocycles. The van der Waals surface area contributed by atoms with Gasteiger partial charge in [0, 0.05) is 12.2 Å². The van der Waals surface area contributed by atoms with Gasteiger partial charge in [0.2, 0.25) is 10.0 Å². The number of thioether (sulfide) groups is 1. The normalized spacial score (nSPS) is 13.5. The van der Waals surface area contributed by atoms with Gasteiger partial charge in [-0.05, 0) is 30.2 Å². The Balaban J connectivity index is 1.75. The van der Waals surface area contributed by atoms with Crippen LogP contribution in [0, 0.1) is 0 Å². The summed E-state index contributed by atoms with van der Waals surface area (Å²) in [5, 5.41) is 0. The lowest BCUT2D eigenvalue weighted by Gasteiger charge is -2.20. The van der Waals surface area contributed by atoms with Crippen LogP contribution in [0.2, 0.25) is 0 Å². The third-order valence-electron chi connectivity index (χ3n) is 4.84. The maximum atomic E-state index is 12.9. The molecule has 2 aromatic carbocycles. The summed E-state index contributed by atoms with van der Waals surface area (Å²) in [5.41, 5.74) is 1.34. The van der Waals surface area contributed by atoms with Gasteiger partial charge < -0.3 is 9.79 Å². The number of fused-ring (bicyclic) bond motifs is 1. The molecule has 1 unspecified atom stereocenters. The molecule has 0 aliphatic heterocycles. The lowest BCUT2D eigenvalue weighted by Crippen LogP contribution is -2.36. The first-order valence-corrected chi connectivity index (χ1v) is 15.3. The Morgan fingerprint density at radius 1 is 1.12 bits per heavy atom. The number of sulfonamides is 1. The van der Waals surface area contributed by atoms with Crippen LogP contribution < -0.4 is 4.72 Å². The van der Waals surface area contributed by atoms with Gasteiger partial charge in [-0.15, -0.1) is 11.3 Å². The predicted octanol–water partition coefficient (Wildman–Crippen LogP) is 4.99. The van der Waals surface area contributed by atoms with Crippen molar-refractivity contribution in [1.82, 2.24) is 9.71 Å². The van der Waals surface area contributed by atoms with Crippen LogP contribution in [-0.2, 0) is 21.0 Å². The molecule has 11 heteroatoms. The Labute approximate surface area is 196 Å². The summed E-state index contributed by atoms with van der Waals surface area (Å²) >= 11 is 3.09. The molecule has 0 aliphatic carbocycles. The summed E-state index contributed by atoms with van der Waals surface area (Å²) in [7, 11) is -8.87. The van der Waals surface area contributed by atoms with E-state index in [4.69, 9.17) is 0 Å². The molecule has 0 amide bonds. The minimum atomic E-state index is -4.73. The molecular weight excluding hydrogens is 487 g/mol. The van der Waals surface area contributed by atoms with E-state index in [1.165, 1.54) is 42.7 Å².